The number of nitrogens with zero attached hydrogens (tertiary/aromatic N) is 2. The smallest absolute Gasteiger partial charge is 0.170 e. The zero-order valence-corrected chi connectivity index (χ0v) is 16.9. The van der Waals surface area contributed by atoms with Gasteiger partial charge in [0.15, 0.2) is 16.6 Å². The van der Waals surface area contributed by atoms with Crippen molar-refractivity contribution in [3.8, 4) is 11.5 Å². The lowest BCUT2D eigenvalue weighted by Gasteiger charge is -2.41. The Hall–Kier alpha value is -2.21. The van der Waals surface area contributed by atoms with Crippen LogP contribution >= 0.6 is 12.2 Å². The summed E-state index contributed by atoms with van der Waals surface area (Å²) in [5.74, 6) is 1.45. The van der Waals surface area contributed by atoms with Gasteiger partial charge in [-0.3, -0.25) is 0 Å². The summed E-state index contributed by atoms with van der Waals surface area (Å²) in [6.07, 6.45) is 2.13. The highest BCUT2D eigenvalue weighted by Crippen LogP contribution is 2.37. The van der Waals surface area contributed by atoms with Gasteiger partial charge in [0.1, 0.15) is 0 Å². The molecule has 0 radical (unpaired) electrons. The van der Waals surface area contributed by atoms with Crippen LogP contribution in [0.5, 0.6) is 11.5 Å². The van der Waals surface area contributed by atoms with Crippen LogP contribution in [0.1, 0.15) is 38.1 Å². The highest BCUT2D eigenvalue weighted by atomic mass is 32.1. The van der Waals surface area contributed by atoms with E-state index in [9.17, 15) is 0 Å². The number of nitrogens with one attached hydrogen (secondary N) is 1. The van der Waals surface area contributed by atoms with Crippen molar-refractivity contribution in [3.63, 3.8) is 0 Å². The fraction of sp³-hybridized carbons (Fsp3) is 0.450. The molecule has 2 aromatic rings. The van der Waals surface area contributed by atoms with Crippen molar-refractivity contribution in [2.75, 3.05) is 20.8 Å². The monoisotopic (exact) mass is 373 g/mol. The molecule has 0 fully saturated rings. The van der Waals surface area contributed by atoms with Gasteiger partial charge in [-0.2, -0.15) is 0 Å². The van der Waals surface area contributed by atoms with Gasteiger partial charge in [0.05, 0.1) is 20.3 Å². The Morgan fingerprint density at radius 2 is 1.85 bits per heavy atom. The van der Waals surface area contributed by atoms with Crippen LogP contribution in [0, 0.1) is 0 Å². The molecule has 0 bridgehead atoms. The van der Waals surface area contributed by atoms with Gasteiger partial charge in [0.2, 0.25) is 0 Å². The first-order valence-electron chi connectivity index (χ1n) is 8.80. The predicted molar refractivity (Wildman–Crippen MR) is 108 cm³/mol. The summed E-state index contributed by atoms with van der Waals surface area (Å²) >= 11 is 5.76. The summed E-state index contributed by atoms with van der Waals surface area (Å²) in [5.41, 5.74) is 2.26. The Labute approximate surface area is 160 Å². The normalized spacial score (nSPS) is 16.8. The minimum Gasteiger partial charge on any atom is -0.493 e. The van der Waals surface area contributed by atoms with Crippen LogP contribution in [0.4, 0.5) is 0 Å². The molecule has 0 unspecified atom stereocenters. The topological polar surface area (TPSA) is 38.7 Å². The van der Waals surface area contributed by atoms with E-state index in [1.165, 1.54) is 5.69 Å². The quantitative estimate of drug-likeness (QED) is 0.833. The number of hydrogen-bond donors (Lipinski definition) is 1. The highest BCUT2D eigenvalue weighted by Gasteiger charge is 2.32. The van der Waals surface area contributed by atoms with Crippen LogP contribution in [-0.4, -0.2) is 40.9 Å². The minimum atomic E-state index is -0.0847. The number of thiocarbonyl (C=S) groups is 1. The Kier molecular flexibility index (Phi) is 5.14. The molecule has 0 aliphatic carbocycles. The van der Waals surface area contributed by atoms with Crippen LogP contribution in [0.25, 0.3) is 0 Å². The van der Waals surface area contributed by atoms with Crippen molar-refractivity contribution in [2.45, 2.75) is 38.9 Å². The first-order valence-corrected chi connectivity index (χ1v) is 9.20. The van der Waals surface area contributed by atoms with Gasteiger partial charge in [0, 0.05) is 30.5 Å². The summed E-state index contributed by atoms with van der Waals surface area (Å²) < 4.78 is 13.2. The van der Waals surface area contributed by atoms with Gasteiger partial charge in [-0.05, 0) is 62.8 Å². The number of fused-ring (bicyclic) bond motifs is 1. The van der Waals surface area contributed by atoms with Crippen LogP contribution in [0.15, 0.2) is 36.5 Å². The Morgan fingerprint density at radius 3 is 2.50 bits per heavy atom. The summed E-state index contributed by atoms with van der Waals surface area (Å²) in [7, 11) is 3.31. The summed E-state index contributed by atoms with van der Waals surface area (Å²) in [6.45, 7) is 8.13. The number of rotatable bonds is 3. The number of hydrogen-bond acceptors (Lipinski definition) is 3. The average molecular weight is 374 g/mol. The molecule has 5 nitrogen and oxygen atoms in total. The molecule has 1 aromatic heterocycles. The summed E-state index contributed by atoms with van der Waals surface area (Å²) in [6, 6.07) is 10.4. The van der Waals surface area contributed by atoms with Gasteiger partial charge in [-0.25, -0.2) is 0 Å². The Balaban J connectivity index is 2.03. The van der Waals surface area contributed by atoms with E-state index in [1.807, 2.05) is 12.1 Å². The van der Waals surface area contributed by atoms with Gasteiger partial charge in [-0.1, -0.05) is 6.07 Å². The third-order valence-corrected chi connectivity index (χ3v) is 4.84. The molecule has 1 aliphatic rings. The lowest BCUT2D eigenvalue weighted by molar-refractivity contribution is 0.277. The lowest BCUT2D eigenvalue weighted by Crippen LogP contribution is -2.52. The zero-order valence-electron chi connectivity index (χ0n) is 16.1. The van der Waals surface area contributed by atoms with Crippen LogP contribution in [-0.2, 0) is 6.54 Å². The van der Waals surface area contributed by atoms with E-state index in [0.717, 1.165) is 35.3 Å². The maximum absolute atomic E-state index is 5.76. The number of benzene rings is 1. The number of methoxy groups -OCH3 is 2. The van der Waals surface area contributed by atoms with Gasteiger partial charge in [0.25, 0.3) is 0 Å². The van der Waals surface area contributed by atoms with Gasteiger partial charge in [-0.15, -0.1) is 0 Å². The van der Waals surface area contributed by atoms with E-state index in [0.29, 0.717) is 0 Å². The first kappa shape index (κ1) is 18.6. The fourth-order valence-corrected chi connectivity index (χ4v) is 3.87. The van der Waals surface area contributed by atoms with Crippen molar-refractivity contribution >= 4 is 17.3 Å². The first-order chi connectivity index (χ1) is 12.3. The molecule has 1 atom stereocenters. The molecular weight excluding hydrogens is 346 g/mol. The third-order valence-electron chi connectivity index (χ3n) is 4.50. The van der Waals surface area contributed by atoms with Gasteiger partial charge >= 0.3 is 0 Å². The van der Waals surface area contributed by atoms with Crippen molar-refractivity contribution in [2.24, 2.45) is 0 Å². The number of ether oxygens (including phenoxy) is 2. The van der Waals surface area contributed by atoms with Crippen molar-refractivity contribution in [1.29, 1.82) is 0 Å². The molecular formula is C20H27N3O2S. The predicted octanol–water partition coefficient (Wildman–Crippen LogP) is 3.58. The molecule has 1 aliphatic heterocycles. The maximum Gasteiger partial charge on any atom is 0.170 e. The molecule has 0 amide bonds. The molecule has 0 saturated heterocycles. The molecule has 0 spiro atoms. The molecule has 1 aromatic carbocycles. The zero-order chi connectivity index (χ0) is 18.9. The maximum atomic E-state index is 5.76. The van der Waals surface area contributed by atoms with E-state index >= 15 is 0 Å². The van der Waals surface area contributed by atoms with E-state index in [-0.39, 0.29) is 11.6 Å². The second-order valence-electron chi connectivity index (χ2n) is 7.52. The summed E-state index contributed by atoms with van der Waals surface area (Å²) in [5, 5.41) is 4.22. The van der Waals surface area contributed by atoms with E-state index in [1.54, 1.807) is 14.2 Å². The molecule has 0 saturated carbocycles. The van der Waals surface area contributed by atoms with Crippen molar-refractivity contribution in [3.05, 3.63) is 47.8 Å². The number of aromatic nitrogens is 1. The standard InChI is InChI=1S/C20H27N3O2S/c1-20(2,3)21-19(26)23-12-11-22-10-6-7-15(22)18(23)14-8-9-16(24-4)17(13-14)25-5/h6-10,13,18H,11-12H2,1-5H3,(H,21,26)/t18-/m0/s1. The Morgan fingerprint density at radius 1 is 1.12 bits per heavy atom. The summed E-state index contributed by atoms with van der Waals surface area (Å²) in [4.78, 5) is 2.26. The molecule has 2 heterocycles. The van der Waals surface area contributed by atoms with E-state index in [4.69, 9.17) is 21.7 Å². The second-order valence-corrected chi connectivity index (χ2v) is 7.90. The molecule has 6 heteroatoms. The lowest BCUT2D eigenvalue weighted by atomic mass is 9.99. The third kappa shape index (κ3) is 3.65. The van der Waals surface area contributed by atoms with Crippen LogP contribution in [0.3, 0.4) is 0 Å². The van der Waals surface area contributed by atoms with Crippen LogP contribution in [0.2, 0.25) is 0 Å². The molecule has 3 rings (SSSR count). The fourth-order valence-electron chi connectivity index (χ4n) is 3.37. The molecule has 140 valence electrons. The average Bonchev–Trinajstić information content (AvgIpc) is 3.07. The van der Waals surface area contributed by atoms with E-state index in [2.05, 4.69) is 60.0 Å². The SMILES string of the molecule is COc1ccc([C@H]2c3cccn3CCN2C(=S)NC(C)(C)C)cc1OC. The molecule has 26 heavy (non-hydrogen) atoms. The Bertz CT molecular complexity index is 795. The van der Waals surface area contributed by atoms with Crippen molar-refractivity contribution in [1.82, 2.24) is 14.8 Å². The van der Waals surface area contributed by atoms with Gasteiger partial charge < -0.3 is 24.3 Å². The van der Waals surface area contributed by atoms with Crippen molar-refractivity contribution < 1.29 is 9.47 Å². The highest BCUT2D eigenvalue weighted by molar-refractivity contribution is 7.80. The van der Waals surface area contributed by atoms with E-state index < -0.39 is 0 Å². The molecule has 1 N–H and O–H groups in total. The minimum absolute atomic E-state index is 0.0286. The van der Waals surface area contributed by atoms with Crippen LogP contribution < -0.4 is 14.8 Å². The largest absolute Gasteiger partial charge is 0.493 e. The second kappa shape index (κ2) is 7.19.